The highest BCUT2D eigenvalue weighted by atomic mass is 16.5. The van der Waals surface area contributed by atoms with E-state index < -0.39 is 0 Å². The second kappa shape index (κ2) is 9.71. The van der Waals surface area contributed by atoms with Gasteiger partial charge in [0.25, 0.3) is 0 Å². The molecule has 0 bridgehead atoms. The zero-order valence-electron chi connectivity index (χ0n) is 17.0. The van der Waals surface area contributed by atoms with E-state index in [1.807, 2.05) is 42.6 Å². The number of hydrogen-bond donors (Lipinski definition) is 1. The number of aliphatic hydroxyl groups is 1. The molecule has 1 fully saturated rings. The topological polar surface area (TPSA) is 54.8 Å². The maximum Gasteiger partial charge on any atom is 0.161 e. The maximum atomic E-state index is 10.5. The van der Waals surface area contributed by atoms with Crippen LogP contribution < -0.4 is 9.47 Å². The lowest BCUT2D eigenvalue weighted by atomic mass is 10.00. The molecule has 28 heavy (non-hydrogen) atoms. The molecule has 2 heterocycles. The molecule has 0 unspecified atom stereocenters. The van der Waals surface area contributed by atoms with Crippen LogP contribution in [0.2, 0.25) is 0 Å². The second-order valence-electron chi connectivity index (χ2n) is 7.62. The van der Waals surface area contributed by atoms with Crippen LogP contribution in [0, 0.1) is 5.92 Å². The molecule has 150 valence electrons. The molecule has 1 aromatic heterocycles. The van der Waals surface area contributed by atoms with Gasteiger partial charge in [0, 0.05) is 37.4 Å². The lowest BCUT2D eigenvalue weighted by Gasteiger charge is -2.17. The smallest absolute Gasteiger partial charge is 0.161 e. The van der Waals surface area contributed by atoms with E-state index >= 15 is 0 Å². The summed E-state index contributed by atoms with van der Waals surface area (Å²) in [5.41, 5.74) is 3.41. The van der Waals surface area contributed by atoms with Crippen molar-refractivity contribution in [2.75, 3.05) is 26.8 Å². The third-order valence-electron chi connectivity index (χ3n) is 5.04. The van der Waals surface area contributed by atoms with Crippen molar-refractivity contribution in [2.45, 2.75) is 32.9 Å². The van der Waals surface area contributed by atoms with Gasteiger partial charge >= 0.3 is 0 Å². The van der Waals surface area contributed by atoms with Crippen molar-refractivity contribution in [2.24, 2.45) is 5.92 Å². The molecule has 1 aromatic carbocycles. The molecule has 0 amide bonds. The molecule has 1 saturated heterocycles. The summed E-state index contributed by atoms with van der Waals surface area (Å²) in [6, 6.07) is 12.0. The summed E-state index contributed by atoms with van der Waals surface area (Å²) in [5.74, 6) is 1.70. The van der Waals surface area contributed by atoms with Crippen LogP contribution in [-0.2, 0) is 13.0 Å². The molecule has 0 aliphatic carbocycles. The van der Waals surface area contributed by atoms with Crippen molar-refractivity contribution in [3.63, 3.8) is 0 Å². The van der Waals surface area contributed by atoms with Crippen molar-refractivity contribution in [3.8, 4) is 11.5 Å². The number of nitrogens with zero attached hydrogens (tertiary/aromatic N) is 2. The van der Waals surface area contributed by atoms with Gasteiger partial charge in [0.05, 0.1) is 13.2 Å². The third-order valence-corrected chi connectivity index (χ3v) is 5.04. The molecular formula is C23H30N2O3. The first-order valence-corrected chi connectivity index (χ1v) is 9.78. The highest BCUT2D eigenvalue weighted by Gasteiger charge is 2.31. The largest absolute Gasteiger partial charge is 0.493 e. The summed E-state index contributed by atoms with van der Waals surface area (Å²) in [6.45, 7) is 6.95. The zero-order chi connectivity index (χ0) is 19.9. The van der Waals surface area contributed by atoms with Crippen LogP contribution in [0.5, 0.6) is 11.5 Å². The number of aliphatic hydroxyl groups excluding tert-OH is 1. The monoisotopic (exact) mass is 382 g/mol. The summed E-state index contributed by atoms with van der Waals surface area (Å²) >= 11 is 0. The predicted octanol–water partition coefficient (Wildman–Crippen LogP) is 3.47. The Morgan fingerprint density at radius 2 is 2.07 bits per heavy atom. The first kappa shape index (κ1) is 20.4. The summed E-state index contributed by atoms with van der Waals surface area (Å²) < 4.78 is 11.3. The molecule has 0 saturated carbocycles. The van der Waals surface area contributed by atoms with Gasteiger partial charge in [-0.3, -0.25) is 9.88 Å². The second-order valence-corrected chi connectivity index (χ2v) is 7.62. The number of β-amino-alcohol motifs (C(OH)–C–C–N with tert-alkyl or cyclic N) is 1. The van der Waals surface area contributed by atoms with Gasteiger partial charge in [0.1, 0.15) is 6.61 Å². The van der Waals surface area contributed by atoms with Crippen molar-refractivity contribution in [1.29, 1.82) is 0 Å². The maximum absolute atomic E-state index is 10.5. The number of hydrogen-bond acceptors (Lipinski definition) is 5. The Labute approximate surface area is 167 Å². The number of methoxy groups -OCH3 is 1. The highest BCUT2D eigenvalue weighted by Crippen LogP contribution is 2.30. The van der Waals surface area contributed by atoms with Crippen LogP contribution in [0.25, 0.3) is 0 Å². The zero-order valence-corrected chi connectivity index (χ0v) is 17.0. The highest BCUT2D eigenvalue weighted by molar-refractivity contribution is 5.43. The number of allylic oxidation sites excluding steroid dienone is 1. The molecule has 5 nitrogen and oxygen atoms in total. The number of rotatable bonds is 8. The van der Waals surface area contributed by atoms with Crippen LogP contribution in [0.1, 0.15) is 25.1 Å². The van der Waals surface area contributed by atoms with Crippen LogP contribution in [-0.4, -0.2) is 47.9 Å². The Kier molecular flexibility index (Phi) is 7.06. The number of aromatic nitrogens is 1. The molecule has 1 aliphatic rings. The van der Waals surface area contributed by atoms with E-state index in [1.54, 1.807) is 7.11 Å². The van der Waals surface area contributed by atoms with Crippen LogP contribution in [0.3, 0.4) is 0 Å². The van der Waals surface area contributed by atoms with Crippen molar-refractivity contribution in [3.05, 3.63) is 65.5 Å². The van der Waals surface area contributed by atoms with E-state index in [0.717, 1.165) is 42.3 Å². The van der Waals surface area contributed by atoms with Crippen molar-refractivity contribution < 1.29 is 14.6 Å². The number of likely N-dealkylation sites (tertiary alicyclic amines) is 1. The minimum Gasteiger partial charge on any atom is -0.493 e. The van der Waals surface area contributed by atoms with Gasteiger partial charge in [-0.25, -0.2) is 0 Å². The van der Waals surface area contributed by atoms with Gasteiger partial charge < -0.3 is 14.6 Å². The molecule has 1 N–H and O–H groups in total. The average Bonchev–Trinajstić information content (AvgIpc) is 3.02. The van der Waals surface area contributed by atoms with Gasteiger partial charge in [-0.2, -0.15) is 0 Å². The van der Waals surface area contributed by atoms with Crippen LogP contribution in [0.4, 0.5) is 0 Å². The molecule has 3 rings (SSSR count). The van der Waals surface area contributed by atoms with E-state index in [0.29, 0.717) is 13.2 Å². The number of benzene rings is 1. The lowest BCUT2D eigenvalue weighted by Crippen LogP contribution is -2.21. The first-order valence-electron chi connectivity index (χ1n) is 9.78. The fourth-order valence-electron chi connectivity index (χ4n) is 3.54. The van der Waals surface area contributed by atoms with E-state index in [1.165, 1.54) is 5.57 Å². The molecule has 2 atom stereocenters. The summed E-state index contributed by atoms with van der Waals surface area (Å²) in [6.07, 6.45) is 4.33. The molecule has 2 aromatic rings. The number of ether oxygens (including phenoxy) is 2. The molecule has 0 radical (unpaired) electrons. The third kappa shape index (κ3) is 5.57. The standard InChI is InChI=1S/C23H30N2O3/c1-17(2)9-11-28-22-8-7-18(12-23(22)27-3)14-25-15-19(21(26)16-25)13-20-6-4-5-10-24-20/h4-10,12,19,21,26H,11,13-16H2,1-3H3/t19-,21-/m1/s1. The number of pyridine rings is 1. The van der Waals surface area contributed by atoms with Gasteiger partial charge in [0.2, 0.25) is 0 Å². The van der Waals surface area contributed by atoms with Gasteiger partial charge in [-0.05, 0) is 56.2 Å². The van der Waals surface area contributed by atoms with E-state index in [4.69, 9.17) is 9.47 Å². The van der Waals surface area contributed by atoms with Crippen molar-refractivity contribution >= 4 is 0 Å². The van der Waals surface area contributed by atoms with Gasteiger partial charge in [-0.1, -0.05) is 17.7 Å². The van der Waals surface area contributed by atoms with Crippen LogP contribution >= 0.6 is 0 Å². The molecular weight excluding hydrogens is 352 g/mol. The minimum absolute atomic E-state index is 0.212. The van der Waals surface area contributed by atoms with Gasteiger partial charge in [0.15, 0.2) is 11.5 Å². The average molecular weight is 383 g/mol. The quantitative estimate of drug-likeness (QED) is 0.709. The fraction of sp³-hybridized carbons (Fsp3) is 0.435. The summed E-state index contributed by atoms with van der Waals surface area (Å²) in [5, 5.41) is 10.5. The lowest BCUT2D eigenvalue weighted by molar-refractivity contribution is 0.140. The predicted molar refractivity (Wildman–Crippen MR) is 111 cm³/mol. The minimum atomic E-state index is -0.324. The Bertz CT molecular complexity index is 788. The van der Waals surface area contributed by atoms with E-state index in [2.05, 4.69) is 29.8 Å². The molecule has 1 aliphatic heterocycles. The van der Waals surface area contributed by atoms with Gasteiger partial charge in [-0.15, -0.1) is 0 Å². The van der Waals surface area contributed by atoms with Crippen molar-refractivity contribution in [1.82, 2.24) is 9.88 Å². The Morgan fingerprint density at radius 1 is 1.21 bits per heavy atom. The van der Waals surface area contributed by atoms with E-state index in [9.17, 15) is 5.11 Å². The Balaban J connectivity index is 1.59. The van der Waals surface area contributed by atoms with E-state index in [-0.39, 0.29) is 12.0 Å². The van der Waals surface area contributed by atoms with Crippen LogP contribution in [0.15, 0.2) is 54.2 Å². The first-order chi connectivity index (χ1) is 13.5. The normalized spacial score (nSPS) is 19.4. The summed E-state index contributed by atoms with van der Waals surface area (Å²) in [4.78, 5) is 6.68. The molecule has 0 spiro atoms. The summed E-state index contributed by atoms with van der Waals surface area (Å²) in [7, 11) is 1.66. The SMILES string of the molecule is COc1cc(CN2C[C@@H](Cc3ccccn3)[C@H](O)C2)ccc1OCC=C(C)C. The molecule has 5 heteroatoms. The Hall–Kier alpha value is -2.37. The fourth-order valence-corrected chi connectivity index (χ4v) is 3.54. The Morgan fingerprint density at radius 3 is 2.79 bits per heavy atom.